The second kappa shape index (κ2) is 28.7. The summed E-state index contributed by atoms with van der Waals surface area (Å²) >= 11 is 0. The summed E-state index contributed by atoms with van der Waals surface area (Å²) in [4.78, 5) is 39.2. The minimum Gasteiger partial charge on any atom is -0.465 e. The van der Waals surface area contributed by atoms with Crippen LogP contribution >= 0.6 is 0 Å². The summed E-state index contributed by atoms with van der Waals surface area (Å²) in [7, 11) is 0. The molecule has 2 atom stereocenters. The zero-order chi connectivity index (χ0) is 35.4. The Labute approximate surface area is 295 Å². The van der Waals surface area contributed by atoms with Gasteiger partial charge < -0.3 is 14.2 Å². The van der Waals surface area contributed by atoms with Crippen LogP contribution in [0.5, 0.6) is 0 Å². The first kappa shape index (κ1) is 43.9. The Balaban J connectivity index is 2.53. The number of carbonyl (C=O) groups excluding carboxylic acids is 3. The predicted octanol–water partition coefficient (Wildman–Crippen LogP) is 11.5. The molecule has 48 heavy (non-hydrogen) atoms. The van der Waals surface area contributed by atoms with E-state index in [0.29, 0.717) is 25.4 Å². The van der Waals surface area contributed by atoms with E-state index in [4.69, 9.17) is 14.2 Å². The number of ether oxygens (including phenoxy) is 3. The molecular weight excluding hydrogens is 600 g/mol. The van der Waals surface area contributed by atoms with Gasteiger partial charge >= 0.3 is 17.9 Å². The standard InChI is InChI=1S/C42H74O6/c1-34(2)25-19-13-9-7-8-10-16-22-30-46-40(43)37-28-29-38(41(44)47-31-23-17-11-14-20-26-35(3)4)39(33-37)42(45)48-32-24-18-12-15-21-27-36(5)6/h28-29,33-36,38-39H,7-27,30-32H2,1-6H3. The largest absolute Gasteiger partial charge is 0.465 e. The summed E-state index contributed by atoms with van der Waals surface area (Å²) in [6.45, 7) is 14.6. The number of rotatable bonds is 30. The topological polar surface area (TPSA) is 78.9 Å². The van der Waals surface area contributed by atoms with E-state index < -0.39 is 29.7 Å². The molecule has 0 spiro atoms. The van der Waals surface area contributed by atoms with Crippen LogP contribution in [0.4, 0.5) is 0 Å². The first-order valence-electron chi connectivity index (χ1n) is 20.0. The van der Waals surface area contributed by atoms with Crippen molar-refractivity contribution in [3.63, 3.8) is 0 Å². The van der Waals surface area contributed by atoms with Crippen LogP contribution in [-0.2, 0) is 28.6 Å². The van der Waals surface area contributed by atoms with E-state index in [-0.39, 0.29) is 0 Å². The summed E-state index contributed by atoms with van der Waals surface area (Å²) < 4.78 is 16.8. The molecule has 0 N–H and O–H groups in total. The second-order valence-corrected chi connectivity index (χ2v) is 15.4. The van der Waals surface area contributed by atoms with Gasteiger partial charge in [0.15, 0.2) is 0 Å². The summed E-state index contributed by atoms with van der Waals surface area (Å²) in [6.07, 6.45) is 28.8. The fraction of sp³-hybridized carbons (Fsp3) is 0.833. The van der Waals surface area contributed by atoms with Crippen molar-refractivity contribution in [3.05, 3.63) is 23.8 Å². The molecule has 2 unspecified atom stereocenters. The lowest BCUT2D eigenvalue weighted by molar-refractivity contribution is -0.157. The van der Waals surface area contributed by atoms with E-state index in [1.165, 1.54) is 77.0 Å². The Morgan fingerprint density at radius 1 is 0.479 bits per heavy atom. The van der Waals surface area contributed by atoms with Crippen LogP contribution in [0.15, 0.2) is 23.8 Å². The third-order valence-corrected chi connectivity index (χ3v) is 9.26. The average molecular weight is 675 g/mol. The molecule has 0 aromatic rings. The van der Waals surface area contributed by atoms with E-state index in [0.717, 1.165) is 75.5 Å². The van der Waals surface area contributed by atoms with Crippen molar-refractivity contribution in [3.8, 4) is 0 Å². The molecule has 0 amide bonds. The molecule has 278 valence electrons. The van der Waals surface area contributed by atoms with Crippen LogP contribution in [0, 0.1) is 29.6 Å². The highest BCUT2D eigenvalue weighted by atomic mass is 16.5. The van der Waals surface area contributed by atoms with Crippen LogP contribution in [-0.4, -0.2) is 37.7 Å². The predicted molar refractivity (Wildman–Crippen MR) is 199 cm³/mol. The van der Waals surface area contributed by atoms with Crippen molar-refractivity contribution in [1.29, 1.82) is 0 Å². The highest BCUT2D eigenvalue weighted by molar-refractivity contribution is 5.95. The van der Waals surface area contributed by atoms with Crippen LogP contribution in [0.1, 0.15) is 176 Å². The van der Waals surface area contributed by atoms with Gasteiger partial charge in [-0.1, -0.05) is 175 Å². The van der Waals surface area contributed by atoms with Gasteiger partial charge in [0.25, 0.3) is 0 Å². The quantitative estimate of drug-likeness (QED) is 0.0428. The van der Waals surface area contributed by atoms with Gasteiger partial charge in [0.1, 0.15) is 0 Å². The Hall–Kier alpha value is -2.11. The molecule has 0 aromatic carbocycles. The number of carbonyl (C=O) groups is 3. The van der Waals surface area contributed by atoms with Gasteiger partial charge in [0.05, 0.1) is 37.2 Å². The molecule has 1 rings (SSSR count). The number of hydrogen-bond donors (Lipinski definition) is 0. The van der Waals surface area contributed by atoms with E-state index in [2.05, 4.69) is 41.5 Å². The molecule has 1 aliphatic rings. The van der Waals surface area contributed by atoms with Crippen LogP contribution < -0.4 is 0 Å². The van der Waals surface area contributed by atoms with Crippen molar-refractivity contribution in [2.45, 2.75) is 176 Å². The van der Waals surface area contributed by atoms with Gasteiger partial charge in [-0.2, -0.15) is 0 Å². The number of esters is 3. The Morgan fingerprint density at radius 2 is 0.812 bits per heavy atom. The van der Waals surface area contributed by atoms with Gasteiger partial charge in [-0.3, -0.25) is 9.59 Å². The lowest BCUT2D eigenvalue weighted by atomic mass is 9.85. The smallest absolute Gasteiger partial charge is 0.337 e. The number of hydrogen-bond acceptors (Lipinski definition) is 6. The zero-order valence-electron chi connectivity index (χ0n) is 32.0. The first-order chi connectivity index (χ1) is 23.1. The fourth-order valence-electron chi connectivity index (χ4n) is 6.13. The van der Waals surface area contributed by atoms with E-state index in [1.54, 1.807) is 18.2 Å². The Bertz CT molecular complexity index is 902. The molecule has 0 aromatic heterocycles. The zero-order valence-corrected chi connectivity index (χ0v) is 32.0. The van der Waals surface area contributed by atoms with Crippen LogP contribution in [0.3, 0.4) is 0 Å². The van der Waals surface area contributed by atoms with Crippen LogP contribution in [0.25, 0.3) is 0 Å². The lowest BCUT2D eigenvalue weighted by Gasteiger charge is -2.23. The van der Waals surface area contributed by atoms with Gasteiger partial charge in [-0.05, 0) is 37.0 Å². The van der Waals surface area contributed by atoms with Gasteiger partial charge in [-0.25, -0.2) is 4.79 Å². The first-order valence-corrected chi connectivity index (χ1v) is 20.0. The van der Waals surface area contributed by atoms with Gasteiger partial charge in [0.2, 0.25) is 0 Å². The maximum Gasteiger partial charge on any atom is 0.337 e. The monoisotopic (exact) mass is 675 g/mol. The summed E-state index contributed by atoms with van der Waals surface area (Å²) in [6, 6.07) is 0. The maximum atomic E-state index is 13.2. The summed E-state index contributed by atoms with van der Waals surface area (Å²) in [5.74, 6) is -0.826. The van der Waals surface area contributed by atoms with Crippen molar-refractivity contribution in [2.75, 3.05) is 19.8 Å². The van der Waals surface area contributed by atoms with Gasteiger partial charge in [0, 0.05) is 0 Å². The van der Waals surface area contributed by atoms with Crippen molar-refractivity contribution in [2.24, 2.45) is 29.6 Å². The third-order valence-electron chi connectivity index (χ3n) is 9.26. The van der Waals surface area contributed by atoms with E-state index >= 15 is 0 Å². The summed E-state index contributed by atoms with van der Waals surface area (Å²) in [5, 5.41) is 0. The minimum absolute atomic E-state index is 0.300. The van der Waals surface area contributed by atoms with Crippen LogP contribution in [0.2, 0.25) is 0 Å². The SMILES string of the molecule is CC(C)CCCCCCCCCCOC(=O)C1=CC(C(=O)OCCCCCCCC(C)C)C(C(=O)OCCCCCCCC(C)C)C=C1. The van der Waals surface area contributed by atoms with Crippen molar-refractivity contribution >= 4 is 17.9 Å². The minimum atomic E-state index is -0.896. The maximum absolute atomic E-state index is 13.2. The number of unbranched alkanes of at least 4 members (excludes halogenated alkanes) is 15. The van der Waals surface area contributed by atoms with Gasteiger partial charge in [-0.15, -0.1) is 0 Å². The molecule has 6 nitrogen and oxygen atoms in total. The van der Waals surface area contributed by atoms with Crippen molar-refractivity contribution < 1.29 is 28.6 Å². The molecule has 0 bridgehead atoms. The molecule has 0 saturated heterocycles. The molecule has 1 aliphatic carbocycles. The fourth-order valence-corrected chi connectivity index (χ4v) is 6.13. The molecular formula is C42H74O6. The Kier molecular flexibility index (Phi) is 26.3. The molecule has 0 radical (unpaired) electrons. The molecule has 0 aliphatic heterocycles. The second-order valence-electron chi connectivity index (χ2n) is 15.4. The van der Waals surface area contributed by atoms with E-state index in [1.807, 2.05) is 0 Å². The molecule has 6 heteroatoms. The average Bonchev–Trinajstić information content (AvgIpc) is 3.04. The summed E-state index contributed by atoms with van der Waals surface area (Å²) in [5.41, 5.74) is 0.300. The molecule has 0 saturated carbocycles. The highest BCUT2D eigenvalue weighted by Crippen LogP contribution is 2.27. The van der Waals surface area contributed by atoms with E-state index in [9.17, 15) is 14.4 Å². The molecule has 0 fully saturated rings. The third kappa shape index (κ3) is 23.3. The Morgan fingerprint density at radius 3 is 1.21 bits per heavy atom. The normalized spacial score (nSPS) is 16.1. The molecule has 0 heterocycles. The lowest BCUT2D eigenvalue weighted by Crippen LogP contribution is -2.33. The highest BCUT2D eigenvalue weighted by Gasteiger charge is 2.36. The van der Waals surface area contributed by atoms with Crippen molar-refractivity contribution in [1.82, 2.24) is 0 Å².